The lowest BCUT2D eigenvalue weighted by Crippen LogP contribution is -2.42. The van der Waals surface area contributed by atoms with Crippen molar-refractivity contribution in [2.75, 3.05) is 0 Å². The molecule has 0 heterocycles. The first-order valence-corrected chi connectivity index (χ1v) is 7.33. The van der Waals surface area contributed by atoms with E-state index in [1.807, 2.05) is 0 Å². The van der Waals surface area contributed by atoms with E-state index < -0.39 is 0 Å². The Morgan fingerprint density at radius 3 is 2.22 bits per heavy atom. The van der Waals surface area contributed by atoms with Crippen molar-refractivity contribution in [3.63, 3.8) is 0 Å². The van der Waals surface area contributed by atoms with Crippen LogP contribution in [-0.4, -0.2) is 6.04 Å². The standard InChI is InChI=1S/C17H27N/c1-13-8-7-9-14(2)15(13)12-16(18)17(3)10-5-4-6-11-17/h7-9,16H,4-6,10-12,18H2,1-3H3. The van der Waals surface area contributed by atoms with Crippen molar-refractivity contribution < 1.29 is 0 Å². The van der Waals surface area contributed by atoms with E-state index in [1.165, 1.54) is 48.8 Å². The van der Waals surface area contributed by atoms with Gasteiger partial charge in [-0.3, -0.25) is 0 Å². The molecule has 1 aromatic rings. The van der Waals surface area contributed by atoms with Crippen LogP contribution in [0.3, 0.4) is 0 Å². The first-order valence-electron chi connectivity index (χ1n) is 7.33. The van der Waals surface area contributed by atoms with Crippen molar-refractivity contribution in [3.05, 3.63) is 34.9 Å². The first kappa shape index (κ1) is 13.6. The van der Waals surface area contributed by atoms with Crippen LogP contribution in [0, 0.1) is 19.3 Å². The predicted molar refractivity (Wildman–Crippen MR) is 78.8 cm³/mol. The molecular formula is C17H27N. The fourth-order valence-corrected chi connectivity index (χ4v) is 3.37. The maximum atomic E-state index is 6.55. The Labute approximate surface area is 112 Å². The van der Waals surface area contributed by atoms with Gasteiger partial charge in [-0.1, -0.05) is 44.4 Å². The molecule has 1 fully saturated rings. The molecule has 0 saturated heterocycles. The lowest BCUT2D eigenvalue weighted by atomic mass is 9.69. The normalized spacial score (nSPS) is 20.7. The molecule has 2 N–H and O–H groups in total. The minimum Gasteiger partial charge on any atom is -0.327 e. The predicted octanol–water partition coefficient (Wildman–Crippen LogP) is 4.14. The summed E-state index contributed by atoms with van der Waals surface area (Å²) in [5, 5.41) is 0. The lowest BCUT2D eigenvalue weighted by molar-refractivity contribution is 0.168. The molecular weight excluding hydrogens is 218 g/mol. The molecule has 2 rings (SSSR count). The molecule has 1 atom stereocenters. The van der Waals surface area contributed by atoms with Gasteiger partial charge in [-0.25, -0.2) is 0 Å². The maximum Gasteiger partial charge on any atom is 0.0134 e. The molecule has 0 aromatic heterocycles. The minimum absolute atomic E-state index is 0.303. The van der Waals surface area contributed by atoms with Gasteiger partial charge in [0.15, 0.2) is 0 Å². The van der Waals surface area contributed by atoms with Gasteiger partial charge in [-0.15, -0.1) is 0 Å². The molecule has 100 valence electrons. The van der Waals surface area contributed by atoms with Gasteiger partial charge < -0.3 is 5.73 Å². The van der Waals surface area contributed by atoms with Crippen LogP contribution in [0.15, 0.2) is 18.2 Å². The highest BCUT2D eigenvalue weighted by atomic mass is 14.7. The van der Waals surface area contributed by atoms with E-state index in [2.05, 4.69) is 39.0 Å². The van der Waals surface area contributed by atoms with Crippen molar-refractivity contribution in [1.82, 2.24) is 0 Å². The number of nitrogens with two attached hydrogens (primary N) is 1. The molecule has 18 heavy (non-hydrogen) atoms. The molecule has 1 aliphatic rings. The van der Waals surface area contributed by atoms with Crippen molar-refractivity contribution in [3.8, 4) is 0 Å². The van der Waals surface area contributed by atoms with Crippen LogP contribution in [-0.2, 0) is 6.42 Å². The highest BCUT2D eigenvalue weighted by Gasteiger charge is 2.33. The van der Waals surface area contributed by atoms with Crippen molar-refractivity contribution >= 4 is 0 Å². The van der Waals surface area contributed by atoms with Crippen molar-refractivity contribution in [2.24, 2.45) is 11.1 Å². The van der Waals surface area contributed by atoms with Gasteiger partial charge >= 0.3 is 0 Å². The molecule has 1 heteroatoms. The van der Waals surface area contributed by atoms with Gasteiger partial charge in [-0.05, 0) is 55.2 Å². The van der Waals surface area contributed by atoms with Crippen LogP contribution < -0.4 is 5.73 Å². The van der Waals surface area contributed by atoms with Gasteiger partial charge in [0.2, 0.25) is 0 Å². The second-order valence-corrected chi connectivity index (χ2v) is 6.40. The van der Waals surface area contributed by atoms with E-state index in [0.717, 1.165) is 6.42 Å². The summed E-state index contributed by atoms with van der Waals surface area (Å²) >= 11 is 0. The third-order valence-electron chi connectivity index (χ3n) is 4.96. The molecule has 0 bridgehead atoms. The Bertz CT molecular complexity index is 382. The van der Waals surface area contributed by atoms with Crippen LogP contribution in [0.1, 0.15) is 55.7 Å². The number of hydrogen-bond acceptors (Lipinski definition) is 1. The third-order valence-corrected chi connectivity index (χ3v) is 4.96. The summed E-state index contributed by atoms with van der Waals surface area (Å²) in [6.45, 7) is 6.81. The second-order valence-electron chi connectivity index (χ2n) is 6.40. The molecule has 1 nitrogen and oxygen atoms in total. The largest absolute Gasteiger partial charge is 0.327 e. The average Bonchev–Trinajstić information content (AvgIpc) is 2.34. The van der Waals surface area contributed by atoms with Crippen molar-refractivity contribution in [2.45, 2.75) is 65.3 Å². The smallest absolute Gasteiger partial charge is 0.0134 e. The van der Waals surface area contributed by atoms with Gasteiger partial charge in [0.05, 0.1) is 0 Å². The van der Waals surface area contributed by atoms with Gasteiger partial charge in [0.25, 0.3) is 0 Å². The van der Waals surface area contributed by atoms with Crippen LogP contribution in [0.2, 0.25) is 0 Å². The fourth-order valence-electron chi connectivity index (χ4n) is 3.37. The van der Waals surface area contributed by atoms with Crippen LogP contribution in [0.5, 0.6) is 0 Å². The topological polar surface area (TPSA) is 26.0 Å². The number of hydrogen-bond donors (Lipinski definition) is 1. The molecule has 1 unspecified atom stereocenters. The zero-order valence-corrected chi connectivity index (χ0v) is 12.1. The SMILES string of the molecule is Cc1cccc(C)c1CC(N)C1(C)CCCCC1. The quantitative estimate of drug-likeness (QED) is 0.851. The summed E-state index contributed by atoms with van der Waals surface area (Å²) in [7, 11) is 0. The second kappa shape index (κ2) is 5.44. The van der Waals surface area contributed by atoms with Crippen molar-refractivity contribution in [1.29, 1.82) is 0 Å². The average molecular weight is 245 g/mol. The maximum absolute atomic E-state index is 6.55. The molecule has 1 aliphatic carbocycles. The molecule has 0 aliphatic heterocycles. The third kappa shape index (κ3) is 2.77. The van der Waals surface area contributed by atoms with E-state index in [1.54, 1.807) is 0 Å². The summed E-state index contributed by atoms with van der Waals surface area (Å²) in [6.07, 6.45) is 7.76. The fraction of sp³-hybridized carbons (Fsp3) is 0.647. The number of benzene rings is 1. The number of rotatable bonds is 3. The highest BCUT2D eigenvalue weighted by molar-refractivity contribution is 5.34. The van der Waals surface area contributed by atoms with Crippen LogP contribution in [0.25, 0.3) is 0 Å². The summed E-state index contributed by atoms with van der Waals surface area (Å²) in [4.78, 5) is 0. The molecule has 0 amide bonds. The zero-order valence-electron chi connectivity index (χ0n) is 12.1. The Hall–Kier alpha value is -0.820. The summed E-state index contributed by atoms with van der Waals surface area (Å²) in [5.41, 5.74) is 11.2. The molecule has 1 aromatic carbocycles. The Morgan fingerprint density at radius 2 is 1.67 bits per heavy atom. The summed E-state index contributed by atoms with van der Waals surface area (Å²) in [5.74, 6) is 0. The molecule has 0 radical (unpaired) electrons. The van der Waals surface area contributed by atoms with E-state index in [0.29, 0.717) is 11.5 Å². The summed E-state index contributed by atoms with van der Waals surface area (Å²) in [6, 6.07) is 6.86. The van der Waals surface area contributed by atoms with E-state index in [-0.39, 0.29) is 0 Å². The Kier molecular flexibility index (Phi) is 4.11. The van der Waals surface area contributed by atoms with Gasteiger partial charge in [0.1, 0.15) is 0 Å². The van der Waals surface area contributed by atoms with E-state index in [4.69, 9.17) is 5.73 Å². The van der Waals surface area contributed by atoms with Crippen LogP contribution >= 0.6 is 0 Å². The van der Waals surface area contributed by atoms with E-state index >= 15 is 0 Å². The Balaban J connectivity index is 2.13. The minimum atomic E-state index is 0.303. The van der Waals surface area contributed by atoms with E-state index in [9.17, 15) is 0 Å². The first-order chi connectivity index (χ1) is 8.53. The molecule has 0 spiro atoms. The Morgan fingerprint density at radius 1 is 1.11 bits per heavy atom. The molecule has 1 saturated carbocycles. The van der Waals surface area contributed by atoms with Crippen LogP contribution in [0.4, 0.5) is 0 Å². The van der Waals surface area contributed by atoms with Gasteiger partial charge in [0, 0.05) is 6.04 Å². The van der Waals surface area contributed by atoms with Gasteiger partial charge in [-0.2, -0.15) is 0 Å². The number of aryl methyl sites for hydroxylation is 2. The zero-order chi connectivity index (χ0) is 13.2. The monoisotopic (exact) mass is 245 g/mol. The highest BCUT2D eigenvalue weighted by Crippen LogP contribution is 2.39. The summed E-state index contributed by atoms with van der Waals surface area (Å²) < 4.78 is 0. The lowest BCUT2D eigenvalue weighted by Gasteiger charge is -2.39.